The third kappa shape index (κ3) is 2.68. The number of rotatable bonds is 2. The third-order valence-electron chi connectivity index (χ3n) is 3.68. The highest BCUT2D eigenvalue weighted by Crippen LogP contribution is 2.30. The number of nitrogens with one attached hydrogen (secondary N) is 1. The largest absolute Gasteiger partial charge is 0.290 e. The molecule has 0 saturated carbocycles. The number of hydrogen-bond donors (Lipinski definition) is 1. The van der Waals surface area contributed by atoms with Gasteiger partial charge in [0.15, 0.2) is 0 Å². The molecular weight excluding hydrogens is 322 g/mol. The van der Waals surface area contributed by atoms with Crippen LogP contribution >= 0.6 is 11.8 Å². The van der Waals surface area contributed by atoms with Crippen LogP contribution in [0, 0.1) is 0 Å². The van der Waals surface area contributed by atoms with Crippen LogP contribution in [0.5, 0.6) is 0 Å². The first-order valence-corrected chi connectivity index (χ1v) is 8.06. The fourth-order valence-electron chi connectivity index (χ4n) is 2.60. The van der Waals surface area contributed by atoms with Crippen molar-refractivity contribution in [2.45, 2.75) is 0 Å². The van der Waals surface area contributed by atoms with Gasteiger partial charge in [0.1, 0.15) is 0 Å². The number of fused-ring (bicyclic) bond motifs is 1. The highest BCUT2D eigenvalue weighted by Gasteiger charge is 2.24. The van der Waals surface area contributed by atoms with Gasteiger partial charge in [0.25, 0.3) is 11.1 Å². The van der Waals surface area contributed by atoms with Crippen molar-refractivity contribution in [1.29, 1.82) is 0 Å². The number of imide groups is 1. The zero-order valence-corrected chi connectivity index (χ0v) is 13.2. The van der Waals surface area contributed by atoms with Gasteiger partial charge in [-0.3, -0.25) is 24.9 Å². The first-order valence-electron chi connectivity index (χ1n) is 7.25. The molecule has 24 heavy (non-hydrogen) atoms. The van der Waals surface area contributed by atoms with E-state index in [-0.39, 0.29) is 11.1 Å². The maximum absolute atomic E-state index is 11.7. The summed E-state index contributed by atoms with van der Waals surface area (Å²) in [5, 5.41) is 2.88. The van der Waals surface area contributed by atoms with Crippen molar-refractivity contribution in [2.24, 2.45) is 0 Å². The highest BCUT2D eigenvalue weighted by atomic mass is 32.2. The van der Waals surface area contributed by atoms with Gasteiger partial charge in [0.2, 0.25) is 0 Å². The number of aromatic nitrogens is 2. The number of amides is 2. The molecule has 2 aromatic heterocycles. The van der Waals surface area contributed by atoms with E-state index in [2.05, 4.69) is 15.3 Å². The Morgan fingerprint density at radius 1 is 1.08 bits per heavy atom. The van der Waals surface area contributed by atoms with E-state index in [4.69, 9.17) is 0 Å². The molecule has 5 nitrogen and oxygen atoms in total. The van der Waals surface area contributed by atoms with Crippen molar-refractivity contribution in [3.63, 3.8) is 0 Å². The predicted molar refractivity (Wildman–Crippen MR) is 94.1 cm³/mol. The molecule has 1 N–H and O–H groups in total. The number of benzene rings is 1. The minimum atomic E-state index is -0.358. The van der Waals surface area contributed by atoms with Crippen LogP contribution in [0.15, 0.2) is 59.9 Å². The van der Waals surface area contributed by atoms with E-state index in [1.807, 2.05) is 36.4 Å². The lowest BCUT2D eigenvalue weighted by atomic mass is 10.0. The fourth-order valence-corrected chi connectivity index (χ4v) is 3.28. The molecule has 116 valence electrons. The van der Waals surface area contributed by atoms with Gasteiger partial charge in [-0.2, -0.15) is 0 Å². The van der Waals surface area contributed by atoms with E-state index in [9.17, 15) is 9.59 Å². The van der Waals surface area contributed by atoms with Crippen LogP contribution < -0.4 is 5.32 Å². The van der Waals surface area contributed by atoms with Crippen LogP contribution in [0.4, 0.5) is 4.79 Å². The quantitative estimate of drug-likeness (QED) is 0.725. The Morgan fingerprint density at radius 3 is 2.75 bits per heavy atom. The van der Waals surface area contributed by atoms with Gasteiger partial charge in [-0.1, -0.05) is 12.1 Å². The van der Waals surface area contributed by atoms with Crippen LogP contribution in [0.25, 0.3) is 28.1 Å². The molecule has 0 radical (unpaired) electrons. The highest BCUT2D eigenvalue weighted by molar-refractivity contribution is 8.18. The van der Waals surface area contributed by atoms with E-state index in [0.717, 1.165) is 39.4 Å². The molecule has 0 spiro atoms. The SMILES string of the molecule is O=C1NC(=O)C(=Cc2ccc3nccc(-c4cccnc4)c3c2)S1. The molecule has 4 rings (SSSR count). The molecule has 0 atom stereocenters. The summed E-state index contributed by atoms with van der Waals surface area (Å²) >= 11 is 0.910. The van der Waals surface area contributed by atoms with Gasteiger partial charge in [-0.25, -0.2) is 0 Å². The van der Waals surface area contributed by atoms with Crippen molar-refractivity contribution in [3.05, 3.63) is 65.5 Å². The standard InChI is InChI=1S/C18H11N3O2S/c22-17-16(24-18(23)21-17)9-11-3-4-15-14(8-11)13(5-7-20-15)12-2-1-6-19-10-12/h1-10H,(H,21,22,23). The van der Waals surface area contributed by atoms with Crippen LogP contribution in [-0.2, 0) is 4.79 Å². The molecular formula is C18H11N3O2S. The molecule has 2 amide bonds. The average molecular weight is 333 g/mol. The maximum atomic E-state index is 11.7. The van der Waals surface area contributed by atoms with E-state index in [1.165, 1.54) is 0 Å². The monoisotopic (exact) mass is 333 g/mol. The predicted octanol–water partition coefficient (Wildman–Crippen LogP) is 3.62. The first kappa shape index (κ1) is 14.6. The Hall–Kier alpha value is -2.99. The summed E-state index contributed by atoms with van der Waals surface area (Å²) in [5.41, 5.74) is 3.72. The summed E-state index contributed by atoms with van der Waals surface area (Å²) in [6, 6.07) is 11.6. The molecule has 0 aliphatic carbocycles. The molecule has 1 aliphatic rings. The summed E-state index contributed by atoms with van der Waals surface area (Å²) in [4.78, 5) is 31.9. The maximum Gasteiger partial charge on any atom is 0.290 e. The lowest BCUT2D eigenvalue weighted by Crippen LogP contribution is -2.17. The Kier molecular flexibility index (Phi) is 3.59. The van der Waals surface area contributed by atoms with Gasteiger partial charge >= 0.3 is 0 Å². The van der Waals surface area contributed by atoms with Gasteiger partial charge in [0, 0.05) is 29.5 Å². The lowest BCUT2D eigenvalue weighted by molar-refractivity contribution is -0.115. The summed E-state index contributed by atoms with van der Waals surface area (Å²) < 4.78 is 0. The van der Waals surface area contributed by atoms with E-state index in [1.54, 1.807) is 24.7 Å². The number of thioether (sulfide) groups is 1. The number of hydrogen-bond acceptors (Lipinski definition) is 5. The van der Waals surface area contributed by atoms with E-state index in [0.29, 0.717) is 4.91 Å². The minimum Gasteiger partial charge on any atom is -0.282 e. The Labute approximate surface area is 141 Å². The molecule has 3 heterocycles. The second-order valence-electron chi connectivity index (χ2n) is 5.23. The van der Waals surface area contributed by atoms with Crippen LogP contribution in [0.1, 0.15) is 5.56 Å². The van der Waals surface area contributed by atoms with Crippen LogP contribution in [-0.4, -0.2) is 21.1 Å². The Morgan fingerprint density at radius 2 is 2.00 bits per heavy atom. The number of carbonyl (C=O) groups is 2. The normalized spacial score (nSPS) is 15.9. The molecule has 3 aromatic rings. The van der Waals surface area contributed by atoms with Crippen molar-refractivity contribution >= 4 is 39.9 Å². The van der Waals surface area contributed by atoms with Crippen molar-refractivity contribution < 1.29 is 9.59 Å². The van der Waals surface area contributed by atoms with Crippen molar-refractivity contribution in [2.75, 3.05) is 0 Å². The number of pyridine rings is 2. The topological polar surface area (TPSA) is 72.0 Å². The second kappa shape index (κ2) is 5.90. The van der Waals surface area contributed by atoms with Gasteiger partial charge in [0.05, 0.1) is 10.4 Å². The molecule has 1 fully saturated rings. The molecule has 0 unspecified atom stereocenters. The van der Waals surface area contributed by atoms with Crippen molar-refractivity contribution in [3.8, 4) is 11.1 Å². The summed E-state index contributed by atoms with van der Waals surface area (Å²) in [6.45, 7) is 0. The molecule has 6 heteroatoms. The molecule has 1 saturated heterocycles. The lowest BCUT2D eigenvalue weighted by Gasteiger charge is -2.07. The Balaban J connectivity index is 1.85. The van der Waals surface area contributed by atoms with Gasteiger partial charge in [-0.15, -0.1) is 0 Å². The summed E-state index contributed by atoms with van der Waals surface area (Å²) in [5.74, 6) is -0.358. The molecule has 0 bridgehead atoms. The minimum absolute atomic E-state index is 0.343. The summed E-state index contributed by atoms with van der Waals surface area (Å²) in [6.07, 6.45) is 7.01. The number of carbonyl (C=O) groups excluding carboxylic acids is 2. The first-order chi connectivity index (χ1) is 11.7. The summed E-state index contributed by atoms with van der Waals surface area (Å²) in [7, 11) is 0. The Bertz CT molecular complexity index is 1000. The molecule has 1 aromatic carbocycles. The van der Waals surface area contributed by atoms with E-state index < -0.39 is 0 Å². The fraction of sp³-hybridized carbons (Fsp3) is 0. The van der Waals surface area contributed by atoms with Crippen molar-refractivity contribution in [1.82, 2.24) is 15.3 Å². The zero-order valence-electron chi connectivity index (χ0n) is 12.4. The average Bonchev–Trinajstić information content (AvgIpc) is 2.92. The zero-order chi connectivity index (χ0) is 16.5. The van der Waals surface area contributed by atoms with Crippen LogP contribution in [0.2, 0.25) is 0 Å². The third-order valence-corrected chi connectivity index (χ3v) is 4.49. The smallest absolute Gasteiger partial charge is 0.282 e. The van der Waals surface area contributed by atoms with Gasteiger partial charge < -0.3 is 0 Å². The van der Waals surface area contributed by atoms with E-state index >= 15 is 0 Å². The van der Waals surface area contributed by atoms with Crippen LogP contribution in [0.3, 0.4) is 0 Å². The van der Waals surface area contributed by atoms with Gasteiger partial charge in [-0.05, 0) is 53.2 Å². The molecule has 1 aliphatic heterocycles. The number of nitrogens with zero attached hydrogens (tertiary/aromatic N) is 2. The second-order valence-corrected chi connectivity index (χ2v) is 6.24.